The fourth-order valence-corrected chi connectivity index (χ4v) is 4.57. The molecule has 1 saturated heterocycles. The maximum Gasteiger partial charge on any atom is 0.312 e. The zero-order valence-corrected chi connectivity index (χ0v) is 15.6. The third-order valence-corrected chi connectivity index (χ3v) is 5.99. The average Bonchev–Trinajstić information content (AvgIpc) is 3.51. The van der Waals surface area contributed by atoms with Crippen molar-refractivity contribution in [3.63, 3.8) is 0 Å². The van der Waals surface area contributed by atoms with Crippen molar-refractivity contribution in [3.05, 3.63) is 71.8 Å². The lowest BCUT2D eigenvalue weighted by atomic mass is 9.72. The number of fused-ring (bicyclic) bond motifs is 1. The number of likely N-dealkylation sites (tertiary alicyclic amines) is 1. The van der Waals surface area contributed by atoms with E-state index in [2.05, 4.69) is 12.1 Å². The fourth-order valence-electron chi connectivity index (χ4n) is 4.57. The van der Waals surface area contributed by atoms with Crippen molar-refractivity contribution in [1.29, 1.82) is 0 Å². The van der Waals surface area contributed by atoms with E-state index in [0.29, 0.717) is 26.0 Å². The van der Waals surface area contributed by atoms with Gasteiger partial charge in [-0.15, -0.1) is 0 Å². The molecule has 0 unspecified atom stereocenters. The smallest absolute Gasteiger partial charge is 0.312 e. The van der Waals surface area contributed by atoms with E-state index >= 15 is 0 Å². The van der Waals surface area contributed by atoms with Crippen LogP contribution < -0.4 is 0 Å². The Kier molecular flexibility index (Phi) is 4.73. The lowest BCUT2D eigenvalue weighted by molar-refractivity contribution is -0.159. The number of carbonyl (C=O) groups is 2. The van der Waals surface area contributed by atoms with Gasteiger partial charge < -0.3 is 9.64 Å². The maximum atomic E-state index is 13.0. The summed E-state index contributed by atoms with van der Waals surface area (Å²) in [5, 5.41) is 0. The zero-order chi connectivity index (χ0) is 18.9. The largest absolute Gasteiger partial charge is 0.466 e. The van der Waals surface area contributed by atoms with Crippen LogP contribution in [0, 0.1) is 11.3 Å². The van der Waals surface area contributed by atoms with E-state index in [-0.39, 0.29) is 23.8 Å². The van der Waals surface area contributed by atoms with Gasteiger partial charge in [0.1, 0.15) is 0 Å². The van der Waals surface area contributed by atoms with Crippen LogP contribution in [-0.4, -0.2) is 36.0 Å². The number of hydrogen-bond acceptors (Lipinski definition) is 3. The van der Waals surface area contributed by atoms with Crippen LogP contribution >= 0.6 is 0 Å². The van der Waals surface area contributed by atoms with E-state index in [9.17, 15) is 9.59 Å². The highest BCUT2D eigenvalue weighted by Gasteiger charge is 2.63. The highest BCUT2D eigenvalue weighted by Crippen LogP contribution is 2.56. The summed E-state index contributed by atoms with van der Waals surface area (Å²) < 4.78 is 5.49. The molecular formula is C23H25NO3. The van der Waals surface area contributed by atoms with Crippen molar-refractivity contribution >= 4 is 11.9 Å². The minimum atomic E-state index is -0.518. The molecule has 2 aromatic carbocycles. The summed E-state index contributed by atoms with van der Waals surface area (Å²) >= 11 is 0. The van der Waals surface area contributed by atoms with Crippen LogP contribution in [0.1, 0.15) is 35.7 Å². The monoisotopic (exact) mass is 363 g/mol. The second kappa shape index (κ2) is 7.18. The summed E-state index contributed by atoms with van der Waals surface area (Å²) in [6.07, 6.45) is 2.21. The van der Waals surface area contributed by atoms with Gasteiger partial charge in [-0.3, -0.25) is 9.59 Å². The average molecular weight is 363 g/mol. The van der Waals surface area contributed by atoms with Crippen LogP contribution in [0.25, 0.3) is 0 Å². The number of esters is 1. The Morgan fingerprint density at radius 1 is 1.07 bits per heavy atom. The van der Waals surface area contributed by atoms with E-state index in [1.807, 2.05) is 60.4 Å². The van der Waals surface area contributed by atoms with Gasteiger partial charge in [-0.2, -0.15) is 0 Å². The van der Waals surface area contributed by atoms with E-state index in [1.165, 1.54) is 0 Å². The summed E-state index contributed by atoms with van der Waals surface area (Å²) in [5.41, 5.74) is 1.35. The molecule has 1 heterocycles. The number of ether oxygens (including phenoxy) is 1. The SMILES string of the molecule is CCOC(=O)[C@]1(Cc2ccccc2)CCN(C(=O)c2ccccc2)[C@@H]2C[C@@H]21. The number of hydrogen-bond donors (Lipinski definition) is 0. The molecular weight excluding hydrogens is 338 g/mol. The van der Waals surface area contributed by atoms with Crippen molar-refractivity contribution in [2.45, 2.75) is 32.2 Å². The predicted octanol–water partition coefficient (Wildman–Crippen LogP) is 3.71. The molecule has 3 atom stereocenters. The molecule has 27 heavy (non-hydrogen) atoms. The molecule has 2 aliphatic rings. The number of benzene rings is 2. The summed E-state index contributed by atoms with van der Waals surface area (Å²) in [5.74, 6) is 0.145. The van der Waals surface area contributed by atoms with Crippen LogP contribution in [-0.2, 0) is 16.0 Å². The normalized spacial score (nSPS) is 26.2. The maximum absolute atomic E-state index is 13.0. The van der Waals surface area contributed by atoms with Crippen molar-refractivity contribution in [3.8, 4) is 0 Å². The zero-order valence-electron chi connectivity index (χ0n) is 15.6. The Morgan fingerprint density at radius 2 is 1.74 bits per heavy atom. The molecule has 0 radical (unpaired) electrons. The van der Waals surface area contributed by atoms with Crippen molar-refractivity contribution in [1.82, 2.24) is 4.90 Å². The highest BCUT2D eigenvalue weighted by molar-refractivity contribution is 5.95. The molecule has 4 rings (SSSR count). The fraction of sp³-hybridized carbons (Fsp3) is 0.391. The first-order valence-corrected chi connectivity index (χ1v) is 9.73. The molecule has 0 aromatic heterocycles. The first-order valence-electron chi connectivity index (χ1n) is 9.73. The Labute approximate surface area is 160 Å². The second-order valence-electron chi connectivity index (χ2n) is 7.56. The predicted molar refractivity (Wildman–Crippen MR) is 103 cm³/mol. The summed E-state index contributed by atoms with van der Waals surface area (Å²) in [6.45, 7) is 2.84. The molecule has 0 spiro atoms. The van der Waals surface area contributed by atoms with Gasteiger partial charge in [0.05, 0.1) is 12.0 Å². The van der Waals surface area contributed by atoms with Crippen molar-refractivity contribution in [2.24, 2.45) is 11.3 Å². The van der Waals surface area contributed by atoms with Crippen LogP contribution in [0.4, 0.5) is 0 Å². The Hall–Kier alpha value is -2.62. The standard InChI is InChI=1S/C23H25NO3/c1-2-27-22(26)23(16-17-9-5-3-6-10-17)13-14-24(20-15-19(20)23)21(25)18-11-7-4-8-12-18/h3-12,19-20H,2,13-16H2,1H3/t19-,20+,23-/m0/s1. The number of nitrogens with zero attached hydrogens (tertiary/aromatic N) is 1. The van der Waals surface area contributed by atoms with E-state index < -0.39 is 5.41 Å². The first kappa shape index (κ1) is 17.8. The number of amides is 1. The molecule has 1 saturated carbocycles. The van der Waals surface area contributed by atoms with E-state index in [0.717, 1.165) is 17.5 Å². The third kappa shape index (κ3) is 3.25. The summed E-state index contributed by atoms with van der Waals surface area (Å²) in [4.78, 5) is 27.9. The third-order valence-electron chi connectivity index (χ3n) is 5.99. The molecule has 4 nitrogen and oxygen atoms in total. The quantitative estimate of drug-likeness (QED) is 0.761. The van der Waals surface area contributed by atoms with E-state index in [4.69, 9.17) is 4.74 Å². The molecule has 0 bridgehead atoms. The van der Waals surface area contributed by atoms with Crippen LogP contribution in [0.2, 0.25) is 0 Å². The lowest BCUT2D eigenvalue weighted by Gasteiger charge is -2.39. The summed E-state index contributed by atoms with van der Waals surface area (Å²) in [7, 11) is 0. The van der Waals surface area contributed by atoms with Crippen LogP contribution in [0.5, 0.6) is 0 Å². The highest BCUT2D eigenvalue weighted by atomic mass is 16.5. The molecule has 2 fully saturated rings. The van der Waals surface area contributed by atoms with E-state index in [1.54, 1.807) is 0 Å². The molecule has 2 aromatic rings. The van der Waals surface area contributed by atoms with Gasteiger partial charge in [-0.05, 0) is 49.8 Å². The van der Waals surface area contributed by atoms with Crippen LogP contribution in [0.15, 0.2) is 60.7 Å². The van der Waals surface area contributed by atoms with Gasteiger partial charge >= 0.3 is 5.97 Å². The molecule has 4 heteroatoms. The summed E-state index contributed by atoms with van der Waals surface area (Å²) in [6, 6.07) is 19.7. The minimum Gasteiger partial charge on any atom is -0.466 e. The Bertz CT molecular complexity index is 820. The number of rotatable bonds is 5. The van der Waals surface area contributed by atoms with Crippen LogP contribution in [0.3, 0.4) is 0 Å². The Balaban J connectivity index is 1.57. The topological polar surface area (TPSA) is 46.6 Å². The van der Waals surface area contributed by atoms with Gasteiger partial charge in [0.15, 0.2) is 0 Å². The lowest BCUT2D eigenvalue weighted by Crippen LogP contribution is -2.49. The molecule has 140 valence electrons. The number of piperidine rings is 1. The number of carbonyl (C=O) groups excluding carboxylic acids is 2. The Morgan fingerprint density at radius 3 is 2.41 bits per heavy atom. The van der Waals surface area contributed by atoms with Gasteiger partial charge in [-0.25, -0.2) is 0 Å². The van der Waals surface area contributed by atoms with Crippen molar-refractivity contribution in [2.75, 3.05) is 13.2 Å². The second-order valence-corrected chi connectivity index (χ2v) is 7.56. The van der Waals surface area contributed by atoms with Crippen molar-refractivity contribution < 1.29 is 14.3 Å². The van der Waals surface area contributed by atoms with Gasteiger partial charge in [0, 0.05) is 18.2 Å². The van der Waals surface area contributed by atoms with Gasteiger partial charge in [0.2, 0.25) is 0 Å². The molecule has 0 N–H and O–H groups in total. The van der Waals surface area contributed by atoms with Gasteiger partial charge in [0.25, 0.3) is 5.91 Å². The van der Waals surface area contributed by atoms with Gasteiger partial charge in [-0.1, -0.05) is 48.5 Å². The molecule has 1 aliphatic heterocycles. The molecule has 1 amide bonds. The first-order chi connectivity index (χ1) is 13.2. The molecule has 1 aliphatic carbocycles. The minimum absolute atomic E-state index is 0.0697.